The van der Waals surface area contributed by atoms with E-state index in [2.05, 4.69) is 19.9 Å². The largest absolute Gasteiger partial charge is 0.389 e. The van der Waals surface area contributed by atoms with Gasteiger partial charge in [-0.05, 0) is 56.3 Å². The van der Waals surface area contributed by atoms with Crippen molar-refractivity contribution in [3.8, 4) is 0 Å². The van der Waals surface area contributed by atoms with Crippen molar-refractivity contribution in [1.82, 2.24) is 0 Å². The molecule has 0 aromatic rings. The molecule has 0 saturated heterocycles. The minimum atomic E-state index is -0.315. The number of rotatable bonds is 4. The predicted molar refractivity (Wildman–Crippen MR) is 84.4 cm³/mol. The highest BCUT2D eigenvalue weighted by Crippen LogP contribution is 2.40. The van der Waals surface area contributed by atoms with Crippen LogP contribution < -0.4 is 0 Å². The molecule has 1 atom stereocenters. The van der Waals surface area contributed by atoms with Gasteiger partial charge in [-0.25, -0.2) is 0 Å². The number of carbonyl (C=O) groups excluding carboxylic acids is 1. The van der Waals surface area contributed by atoms with Crippen LogP contribution in [0.2, 0.25) is 0 Å². The Morgan fingerprint density at radius 3 is 2.55 bits per heavy atom. The Balaban J connectivity index is 2.92. The Labute approximate surface area is 122 Å². The number of allylic oxidation sites excluding steroid dienone is 7. The van der Waals surface area contributed by atoms with E-state index >= 15 is 0 Å². The highest BCUT2D eigenvalue weighted by atomic mass is 16.3. The van der Waals surface area contributed by atoms with E-state index in [-0.39, 0.29) is 17.3 Å². The molecule has 0 saturated carbocycles. The van der Waals surface area contributed by atoms with Crippen LogP contribution in [0.5, 0.6) is 0 Å². The molecule has 0 aromatic heterocycles. The second-order valence-electron chi connectivity index (χ2n) is 6.25. The number of hydrogen-bond donors (Lipinski definition) is 1. The average molecular weight is 274 g/mol. The summed E-state index contributed by atoms with van der Waals surface area (Å²) in [7, 11) is 0. The van der Waals surface area contributed by atoms with Crippen molar-refractivity contribution >= 4 is 5.78 Å². The fourth-order valence-electron chi connectivity index (χ4n) is 2.52. The van der Waals surface area contributed by atoms with E-state index in [4.69, 9.17) is 0 Å². The van der Waals surface area contributed by atoms with Crippen molar-refractivity contribution in [1.29, 1.82) is 0 Å². The van der Waals surface area contributed by atoms with E-state index in [0.29, 0.717) is 0 Å². The summed E-state index contributed by atoms with van der Waals surface area (Å²) in [6.07, 6.45) is 10.9. The van der Waals surface area contributed by atoms with Gasteiger partial charge in [-0.15, -0.1) is 0 Å². The molecule has 20 heavy (non-hydrogen) atoms. The summed E-state index contributed by atoms with van der Waals surface area (Å²) in [5, 5.41) is 9.99. The van der Waals surface area contributed by atoms with Crippen molar-refractivity contribution < 1.29 is 9.90 Å². The molecule has 110 valence electrons. The standard InChI is InChI=1S/C18H26O2/c1-13(7-6-8-14(2)19)9-10-16-15(3)17(20)11-12-18(16,4)5/h6-10,17,20H,11-12H2,1-5H3/b8-6+,10-9+,13-7+. The first kappa shape index (κ1) is 16.6. The normalized spacial score (nSPS) is 23.9. The van der Waals surface area contributed by atoms with Gasteiger partial charge in [0.1, 0.15) is 0 Å². The molecule has 1 unspecified atom stereocenters. The van der Waals surface area contributed by atoms with Gasteiger partial charge in [0, 0.05) is 0 Å². The zero-order valence-corrected chi connectivity index (χ0v) is 13.2. The molecule has 1 aliphatic rings. The Kier molecular flexibility index (Phi) is 5.70. The van der Waals surface area contributed by atoms with Crippen molar-refractivity contribution in [2.75, 3.05) is 0 Å². The molecule has 0 heterocycles. The highest BCUT2D eigenvalue weighted by molar-refractivity contribution is 5.87. The smallest absolute Gasteiger partial charge is 0.152 e. The van der Waals surface area contributed by atoms with Gasteiger partial charge in [-0.3, -0.25) is 4.79 Å². The summed E-state index contributed by atoms with van der Waals surface area (Å²) in [6.45, 7) is 9.99. The average Bonchev–Trinajstić information content (AvgIpc) is 2.33. The minimum absolute atomic E-state index is 0.0492. The maximum absolute atomic E-state index is 10.8. The molecule has 0 radical (unpaired) electrons. The van der Waals surface area contributed by atoms with E-state index in [1.54, 1.807) is 12.2 Å². The Hall–Kier alpha value is -1.41. The van der Waals surface area contributed by atoms with Crippen LogP contribution in [0, 0.1) is 5.41 Å². The fraction of sp³-hybridized carbons (Fsp3) is 0.500. The molecule has 1 rings (SSSR count). The van der Waals surface area contributed by atoms with Crippen LogP contribution in [-0.2, 0) is 4.79 Å². The van der Waals surface area contributed by atoms with Gasteiger partial charge >= 0.3 is 0 Å². The van der Waals surface area contributed by atoms with Crippen LogP contribution in [-0.4, -0.2) is 17.0 Å². The third-order valence-corrected chi connectivity index (χ3v) is 3.90. The number of aliphatic hydroxyl groups is 1. The van der Waals surface area contributed by atoms with Crippen LogP contribution in [0.15, 0.2) is 47.1 Å². The van der Waals surface area contributed by atoms with Crippen LogP contribution in [0.25, 0.3) is 0 Å². The van der Waals surface area contributed by atoms with Gasteiger partial charge < -0.3 is 5.11 Å². The molecule has 1 aliphatic carbocycles. The van der Waals surface area contributed by atoms with Gasteiger partial charge in [0.2, 0.25) is 0 Å². The maximum atomic E-state index is 10.8. The number of hydrogen-bond acceptors (Lipinski definition) is 2. The number of carbonyl (C=O) groups is 1. The summed E-state index contributed by atoms with van der Waals surface area (Å²) in [4.78, 5) is 10.8. The predicted octanol–water partition coefficient (Wildman–Crippen LogP) is 4.13. The molecule has 0 aliphatic heterocycles. The van der Waals surface area contributed by atoms with Gasteiger partial charge in [-0.2, -0.15) is 0 Å². The van der Waals surface area contributed by atoms with E-state index in [9.17, 15) is 9.90 Å². The summed E-state index contributed by atoms with van der Waals surface area (Å²) >= 11 is 0. The first-order chi connectivity index (χ1) is 9.24. The lowest BCUT2D eigenvalue weighted by molar-refractivity contribution is -0.112. The quantitative estimate of drug-likeness (QED) is 0.618. The van der Waals surface area contributed by atoms with Crippen molar-refractivity contribution in [2.24, 2.45) is 5.41 Å². The molecular formula is C18H26O2. The topological polar surface area (TPSA) is 37.3 Å². The van der Waals surface area contributed by atoms with Crippen LogP contribution in [0.4, 0.5) is 0 Å². The van der Waals surface area contributed by atoms with Crippen molar-refractivity contribution in [3.63, 3.8) is 0 Å². The van der Waals surface area contributed by atoms with Crippen LogP contribution in [0.3, 0.4) is 0 Å². The molecule has 0 spiro atoms. The Morgan fingerprint density at radius 2 is 1.95 bits per heavy atom. The zero-order valence-electron chi connectivity index (χ0n) is 13.2. The van der Waals surface area contributed by atoms with Gasteiger partial charge in [-0.1, -0.05) is 43.7 Å². The lowest BCUT2D eigenvalue weighted by Gasteiger charge is -2.35. The molecular weight excluding hydrogens is 248 g/mol. The maximum Gasteiger partial charge on any atom is 0.152 e. The van der Waals surface area contributed by atoms with Gasteiger partial charge in [0.15, 0.2) is 5.78 Å². The van der Waals surface area contributed by atoms with E-state index in [1.165, 1.54) is 12.5 Å². The summed E-state index contributed by atoms with van der Waals surface area (Å²) in [5.41, 5.74) is 3.48. The molecule has 0 bridgehead atoms. The van der Waals surface area contributed by atoms with Crippen LogP contribution >= 0.6 is 0 Å². The fourth-order valence-corrected chi connectivity index (χ4v) is 2.52. The first-order valence-corrected chi connectivity index (χ1v) is 7.17. The second kappa shape index (κ2) is 6.85. The zero-order chi connectivity index (χ0) is 15.3. The lowest BCUT2D eigenvalue weighted by Crippen LogP contribution is -2.27. The summed E-state index contributed by atoms with van der Waals surface area (Å²) in [5.74, 6) is 0.0492. The second-order valence-corrected chi connectivity index (χ2v) is 6.25. The first-order valence-electron chi connectivity index (χ1n) is 7.17. The molecule has 0 fully saturated rings. The SMILES string of the molecule is CC(=O)/C=C/C=C(C)/C=C/C1=C(C)C(O)CCC1(C)C. The number of aliphatic hydroxyl groups excluding tert-OH is 1. The highest BCUT2D eigenvalue weighted by Gasteiger charge is 2.30. The van der Waals surface area contributed by atoms with Gasteiger partial charge in [0.25, 0.3) is 0 Å². The molecule has 2 heteroatoms. The van der Waals surface area contributed by atoms with Crippen molar-refractivity contribution in [3.05, 3.63) is 47.1 Å². The minimum Gasteiger partial charge on any atom is -0.389 e. The monoisotopic (exact) mass is 274 g/mol. The van der Waals surface area contributed by atoms with E-state index in [0.717, 1.165) is 24.0 Å². The Bertz CT molecular complexity index is 488. The molecule has 0 amide bonds. The molecule has 0 aromatic carbocycles. The third kappa shape index (κ3) is 4.61. The van der Waals surface area contributed by atoms with E-state index < -0.39 is 0 Å². The number of ketones is 1. The lowest BCUT2D eigenvalue weighted by atomic mass is 9.71. The molecule has 1 N–H and O–H groups in total. The Morgan fingerprint density at radius 1 is 1.30 bits per heavy atom. The van der Waals surface area contributed by atoms with Gasteiger partial charge in [0.05, 0.1) is 6.10 Å². The summed E-state index contributed by atoms with van der Waals surface area (Å²) in [6, 6.07) is 0. The van der Waals surface area contributed by atoms with Crippen LogP contribution in [0.1, 0.15) is 47.5 Å². The summed E-state index contributed by atoms with van der Waals surface area (Å²) < 4.78 is 0. The van der Waals surface area contributed by atoms with E-state index in [1.807, 2.05) is 26.0 Å². The third-order valence-electron chi connectivity index (χ3n) is 3.90. The molecule has 2 nitrogen and oxygen atoms in total. The van der Waals surface area contributed by atoms with Crippen molar-refractivity contribution in [2.45, 2.75) is 53.6 Å².